The molecule has 0 spiro atoms. The zero-order chi connectivity index (χ0) is 23.1. The van der Waals surface area contributed by atoms with E-state index in [0.29, 0.717) is 5.92 Å². The standard InChI is InChI=1S/C31H22NO2P/c1-19-14-15-22-21-8-2-3-9-23(21)32(24(22)16-19)20-17-27-31-28(18-20)34-26-11-5-7-13-30(26)35(31)29-12-6-4-10-25(29)33-27/h2-15,17-19H,16H2,1H3. The number of benzene rings is 4. The van der Waals surface area contributed by atoms with Crippen molar-refractivity contribution in [3.8, 4) is 28.7 Å². The number of aromatic nitrogens is 1. The molecule has 0 radical (unpaired) electrons. The maximum Gasteiger partial charge on any atom is 0.141 e. The maximum atomic E-state index is 6.56. The molecular formula is C31H22NO2P. The minimum atomic E-state index is -0.743. The predicted molar refractivity (Wildman–Crippen MR) is 144 cm³/mol. The summed E-state index contributed by atoms with van der Waals surface area (Å²) in [5, 5.41) is 4.97. The summed E-state index contributed by atoms with van der Waals surface area (Å²) in [6.07, 6.45) is 5.62. The van der Waals surface area contributed by atoms with E-state index in [1.807, 2.05) is 0 Å². The van der Waals surface area contributed by atoms with Crippen LogP contribution in [0.4, 0.5) is 0 Å². The molecule has 3 nitrogen and oxygen atoms in total. The number of fused-ring (bicyclic) bond motifs is 7. The topological polar surface area (TPSA) is 23.4 Å². The third-order valence-corrected chi connectivity index (χ3v) is 9.87. The zero-order valence-electron chi connectivity index (χ0n) is 19.2. The number of allylic oxidation sites excluding steroid dienone is 1. The van der Waals surface area contributed by atoms with Crippen LogP contribution in [0.1, 0.15) is 18.2 Å². The van der Waals surface area contributed by atoms with Crippen molar-refractivity contribution in [1.82, 2.24) is 4.57 Å². The first-order valence-corrected chi connectivity index (χ1v) is 13.4. The number of para-hydroxylation sites is 3. The predicted octanol–water partition coefficient (Wildman–Crippen LogP) is 6.81. The van der Waals surface area contributed by atoms with E-state index in [-0.39, 0.29) is 0 Å². The average molecular weight is 471 g/mol. The van der Waals surface area contributed by atoms with Gasteiger partial charge in [-0.3, -0.25) is 0 Å². The van der Waals surface area contributed by atoms with Crippen molar-refractivity contribution >= 4 is 40.8 Å². The van der Waals surface area contributed by atoms with Gasteiger partial charge >= 0.3 is 0 Å². The summed E-state index contributed by atoms with van der Waals surface area (Å²) in [7, 11) is -0.743. The third-order valence-electron chi connectivity index (χ3n) is 7.28. The lowest BCUT2D eigenvalue weighted by molar-refractivity contribution is 0.466. The van der Waals surface area contributed by atoms with E-state index in [4.69, 9.17) is 9.47 Å². The molecule has 0 N–H and O–H groups in total. The van der Waals surface area contributed by atoms with Crippen molar-refractivity contribution in [3.05, 3.63) is 102 Å². The summed E-state index contributed by atoms with van der Waals surface area (Å²) in [5.74, 6) is 4.20. The second-order valence-electron chi connectivity index (χ2n) is 9.52. The summed E-state index contributed by atoms with van der Waals surface area (Å²) >= 11 is 0. The molecule has 4 heteroatoms. The fraction of sp³-hybridized carbons (Fsp3) is 0.0968. The van der Waals surface area contributed by atoms with Crippen molar-refractivity contribution in [1.29, 1.82) is 0 Å². The number of nitrogens with zero attached hydrogens (tertiary/aromatic N) is 1. The Morgan fingerprint density at radius 3 is 2.11 bits per heavy atom. The molecule has 3 aliphatic rings. The quantitative estimate of drug-likeness (QED) is 0.246. The van der Waals surface area contributed by atoms with E-state index < -0.39 is 7.92 Å². The molecule has 5 aromatic rings. The lowest BCUT2D eigenvalue weighted by Crippen LogP contribution is -2.32. The second kappa shape index (κ2) is 7.10. The van der Waals surface area contributed by atoms with Gasteiger partial charge in [0.2, 0.25) is 0 Å². The van der Waals surface area contributed by atoms with Gasteiger partial charge in [-0.15, -0.1) is 0 Å². The van der Waals surface area contributed by atoms with Crippen LogP contribution in [0.3, 0.4) is 0 Å². The van der Waals surface area contributed by atoms with Gasteiger partial charge in [0.15, 0.2) is 0 Å². The smallest absolute Gasteiger partial charge is 0.141 e. The molecule has 1 unspecified atom stereocenters. The minimum Gasteiger partial charge on any atom is -0.456 e. The van der Waals surface area contributed by atoms with Crippen LogP contribution in [0, 0.1) is 5.92 Å². The van der Waals surface area contributed by atoms with Gasteiger partial charge in [0, 0.05) is 47.3 Å². The van der Waals surface area contributed by atoms with Crippen LogP contribution >= 0.6 is 7.92 Å². The summed E-state index contributed by atoms with van der Waals surface area (Å²) in [6, 6.07) is 30.0. The maximum absolute atomic E-state index is 6.56. The first-order valence-electron chi connectivity index (χ1n) is 12.1. The highest BCUT2D eigenvalue weighted by Crippen LogP contribution is 2.53. The Labute approximate surface area is 205 Å². The zero-order valence-corrected chi connectivity index (χ0v) is 20.1. The van der Waals surface area contributed by atoms with Gasteiger partial charge in [0.1, 0.15) is 23.0 Å². The van der Waals surface area contributed by atoms with E-state index in [2.05, 4.69) is 109 Å². The molecular weight excluding hydrogens is 449 g/mol. The third kappa shape index (κ3) is 2.70. The number of hydrogen-bond acceptors (Lipinski definition) is 2. The van der Waals surface area contributed by atoms with Gasteiger partial charge in [-0.25, -0.2) is 0 Å². The van der Waals surface area contributed by atoms with Crippen LogP contribution in [0.5, 0.6) is 23.0 Å². The molecule has 35 heavy (non-hydrogen) atoms. The van der Waals surface area contributed by atoms with E-state index in [0.717, 1.165) is 35.1 Å². The molecule has 0 bridgehead atoms. The van der Waals surface area contributed by atoms with Crippen molar-refractivity contribution < 1.29 is 9.47 Å². The number of hydrogen-bond donors (Lipinski definition) is 0. The molecule has 0 saturated heterocycles. The highest BCUT2D eigenvalue weighted by Gasteiger charge is 2.37. The molecule has 2 aliphatic heterocycles. The summed E-state index contributed by atoms with van der Waals surface area (Å²) in [4.78, 5) is 0. The van der Waals surface area contributed by atoms with Crippen molar-refractivity contribution in [2.24, 2.45) is 5.92 Å². The van der Waals surface area contributed by atoms with E-state index in [9.17, 15) is 0 Å². The van der Waals surface area contributed by atoms with Crippen LogP contribution in [0.25, 0.3) is 22.7 Å². The Morgan fingerprint density at radius 2 is 1.40 bits per heavy atom. The number of ether oxygens (including phenoxy) is 2. The van der Waals surface area contributed by atoms with Gasteiger partial charge in [0.05, 0.1) is 16.5 Å². The normalized spacial score (nSPS) is 17.1. The van der Waals surface area contributed by atoms with Crippen LogP contribution in [-0.2, 0) is 6.42 Å². The Bertz CT molecular complexity index is 1640. The van der Waals surface area contributed by atoms with Crippen LogP contribution in [0.15, 0.2) is 91.0 Å². The fourth-order valence-electron chi connectivity index (χ4n) is 5.77. The SMILES string of the molecule is CC1C=Cc2c(n(-c3cc4c5c(c3)Oc3ccccc3P5c3ccccc3O4)c3ccccc23)C1. The largest absolute Gasteiger partial charge is 0.456 e. The highest BCUT2D eigenvalue weighted by atomic mass is 31.1. The van der Waals surface area contributed by atoms with Crippen molar-refractivity contribution in [2.75, 3.05) is 0 Å². The Balaban J connectivity index is 1.42. The van der Waals surface area contributed by atoms with Gasteiger partial charge in [-0.1, -0.05) is 73.7 Å². The molecule has 168 valence electrons. The first kappa shape index (κ1) is 19.5. The lowest BCUT2D eigenvalue weighted by Gasteiger charge is -2.35. The lowest BCUT2D eigenvalue weighted by atomic mass is 9.95. The Morgan fingerprint density at radius 1 is 0.771 bits per heavy atom. The van der Waals surface area contributed by atoms with Crippen LogP contribution < -0.4 is 25.4 Å². The highest BCUT2D eigenvalue weighted by molar-refractivity contribution is 7.80. The van der Waals surface area contributed by atoms with E-state index in [1.165, 1.54) is 38.1 Å². The second-order valence-corrected chi connectivity index (χ2v) is 11.6. The Kier molecular flexibility index (Phi) is 3.95. The van der Waals surface area contributed by atoms with Gasteiger partial charge in [-0.2, -0.15) is 0 Å². The Hall–Kier alpha value is -3.81. The first-order chi connectivity index (χ1) is 17.3. The van der Waals surface area contributed by atoms with Crippen molar-refractivity contribution in [2.45, 2.75) is 13.3 Å². The molecule has 8 rings (SSSR count). The number of rotatable bonds is 1. The molecule has 0 amide bonds. The van der Waals surface area contributed by atoms with E-state index in [1.54, 1.807) is 0 Å². The average Bonchev–Trinajstić information content (AvgIpc) is 3.21. The van der Waals surface area contributed by atoms with Gasteiger partial charge in [0.25, 0.3) is 0 Å². The van der Waals surface area contributed by atoms with E-state index >= 15 is 0 Å². The molecule has 1 atom stereocenters. The molecule has 3 heterocycles. The summed E-state index contributed by atoms with van der Waals surface area (Å²) in [5.41, 5.74) is 4.98. The summed E-state index contributed by atoms with van der Waals surface area (Å²) < 4.78 is 15.5. The minimum absolute atomic E-state index is 0.501. The molecule has 1 aromatic heterocycles. The molecule has 4 aromatic carbocycles. The van der Waals surface area contributed by atoms with Crippen LogP contribution in [0.2, 0.25) is 0 Å². The molecule has 0 fully saturated rings. The molecule has 0 saturated carbocycles. The molecule has 1 aliphatic carbocycles. The van der Waals surface area contributed by atoms with Crippen molar-refractivity contribution in [3.63, 3.8) is 0 Å². The fourth-order valence-corrected chi connectivity index (χ4v) is 8.32. The van der Waals surface area contributed by atoms with Gasteiger partial charge < -0.3 is 14.0 Å². The van der Waals surface area contributed by atoms with Gasteiger partial charge in [-0.05, 0) is 30.5 Å². The summed E-state index contributed by atoms with van der Waals surface area (Å²) in [6.45, 7) is 2.28. The monoisotopic (exact) mass is 471 g/mol. The van der Waals surface area contributed by atoms with Crippen LogP contribution in [-0.4, -0.2) is 4.57 Å².